The molecule has 0 atom stereocenters. The highest BCUT2D eigenvalue weighted by molar-refractivity contribution is 5.93. The summed E-state index contributed by atoms with van der Waals surface area (Å²) in [5.41, 5.74) is 5.63. The van der Waals surface area contributed by atoms with Crippen molar-refractivity contribution in [2.24, 2.45) is 0 Å². The Morgan fingerprint density at radius 1 is 1.80 bits per heavy atom. The third kappa shape index (κ3) is 2.08. The van der Waals surface area contributed by atoms with Gasteiger partial charge in [-0.1, -0.05) is 0 Å². The normalized spacial score (nSPS) is 9.87. The van der Waals surface area contributed by atoms with Crippen LogP contribution in [0, 0.1) is 11.3 Å². The van der Waals surface area contributed by atoms with Gasteiger partial charge in [0.25, 0.3) is 0 Å². The first-order valence-corrected chi connectivity index (χ1v) is 4.22. The molecule has 0 amide bonds. The molecule has 0 spiro atoms. The predicted molar refractivity (Wildman–Crippen MR) is 52.4 cm³/mol. The standard InChI is InChI=1S/C9H11N3O3/c1-15-3-2-12-5-6(4-10)7(11)8(12)9(13)14/h5H,2-3,11H2,1H3,(H,13,14). The fourth-order valence-electron chi connectivity index (χ4n) is 1.27. The van der Waals surface area contributed by atoms with Crippen molar-refractivity contribution in [3.8, 4) is 6.07 Å². The van der Waals surface area contributed by atoms with E-state index in [0.29, 0.717) is 13.2 Å². The largest absolute Gasteiger partial charge is 0.477 e. The van der Waals surface area contributed by atoms with Crippen LogP contribution in [0.15, 0.2) is 6.20 Å². The zero-order valence-electron chi connectivity index (χ0n) is 8.23. The van der Waals surface area contributed by atoms with Gasteiger partial charge < -0.3 is 20.1 Å². The minimum atomic E-state index is -1.15. The summed E-state index contributed by atoms with van der Waals surface area (Å²) < 4.78 is 6.23. The third-order valence-electron chi connectivity index (χ3n) is 1.98. The van der Waals surface area contributed by atoms with Crippen LogP contribution in [-0.2, 0) is 11.3 Å². The van der Waals surface area contributed by atoms with Gasteiger partial charge in [0.1, 0.15) is 6.07 Å². The molecule has 6 heteroatoms. The first-order chi connectivity index (χ1) is 7.11. The number of carbonyl (C=O) groups is 1. The number of ether oxygens (including phenoxy) is 1. The summed E-state index contributed by atoms with van der Waals surface area (Å²) in [5, 5.41) is 17.6. The summed E-state index contributed by atoms with van der Waals surface area (Å²) in [7, 11) is 1.51. The number of carboxylic acid groups (broad SMARTS) is 1. The lowest BCUT2D eigenvalue weighted by molar-refractivity contribution is 0.0684. The van der Waals surface area contributed by atoms with Crippen LogP contribution in [0.5, 0.6) is 0 Å². The van der Waals surface area contributed by atoms with Gasteiger partial charge in [0.15, 0.2) is 5.69 Å². The first kappa shape index (κ1) is 11.1. The van der Waals surface area contributed by atoms with Crippen molar-refractivity contribution >= 4 is 11.7 Å². The molecule has 0 aliphatic carbocycles. The summed E-state index contributed by atoms with van der Waals surface area (Å²) in [5.74, 6) is -1.15. The minimum Gasteiger partial charge on any atom is -0.477 e. The lowest BCUT2D eigenvalue weighted by Gasteiger charge is -2.04. The van der Waals surface area contributed by atoms with Crippen molar-refractivity contribution in [2.45, 2.75) is 6.54 Å². The average Bonchev–Trinajstić information content (AvgIpc) is 2.51. The van der Waals surface area contributed by atoms with Gasteiger partial charge in [-0.2, -0.15) is 5.26 Å². The molecule has 1 aromatic rings. The Balaban J connectivity index is 3.14. The van der Waals surface area contributed by atoms with Gasteiger partial charge in [-0.25, -0.2) is 4.79 Å². The summed E-state index contributed by atoms with van der Waals surface area (Å²) in [6.07, 6.45) is 1.41. The van der Waals surface area contributed by atoms with Gasteiger partial charge in [-0.3, -0.25) is 0 Å². The van der Waals surface area contributed by atoms with E-state index in [0.717, 1.165) is 0 Å². The zero-order chi connectivity index (χ0) is 11.4. The molecule has 1 rings (SSSR count). The molecule has 1 aromatic heterocycles. The molecule has 1 heterocycles. The molecule has 6 nitrogen and oxygen atoms in total. The highest BCUT2D eigenvalue weighted by atomic mass is 16.5. The smallest absolute Gasteiger partial charge is 0.354 e. The minimum absolute atomic E-state index is 0.00102. The van der Waals surface area contributed by atoms with Crippen LogP contribution in [0.2, 0.25) is 0 Å². The van der Waals surface area contributed by atoms with Crippen molar-refractivity contribution in [2.75, 3.05) is 19.5 Å². The molecule has 0 saturated carbocycles. The molecule has 0 radical (unpaired) electrons. The van der Waals surface area contributed by atoms with Crippen LogP contribution >= 0.6 is 0 Å². The topological polar surface area (TPSA) is 101 Å². The Bertz CT molecular complexity index is 417. The Labute approximate surface area is 86.5 Å². The Kier molecular flexibility index (Phi) is 3.31. The molecule has 0 unspecified atom stereocenters. The number of nitrogen functional groups attached to an aromatic ring is 1. The molecule has 15 heavy (non-hydrogen) atoms. The van der Waals surface area contributed by atoms with Crippen molar-refractivity contribution < 1.29 is 14.6 Å². The summed E-state index contributed by atoms with van der Waals surface area (Å²) in [6.45, 7) is 0.712. The fraction of sp³-hybridized carbons (Fsp3) is 0.333. The van der Waals surface area contributed by atoms with E-state index in [1.807, 2.05) is 6.07 Å². The van der Waals surface area contributed by atoms with Crippen molar-refractivity contribution in [3.63, 3.8) is 0 Å². The monoisotopic (exact) mass is 209 g/mol. The Morgan fingerprint density at radius 3 is 2.93 bits per heavy atom. The second-order valence-corrected chi connectivity index (χ2v) is 2.91. The third-order valence-corrected chi connectivity index (χ3v) is 1.98. The van der Waals surface area contributed by atoms with E-state index in [4.69, 9.17) is 20.8 Å². The number of nitrogens with zero attached hydrogens (tertiary/aromatic N) is 2. The molecule has 0 aromatic carbocycles. The quantitative estimate of drug-likeness (QED) is 0.741. The van der Waals surface area contributed by atoms with Crippen LogP contribution in [-0.4, -0.2) is 29.4 Å². The first-order valence-electron chi connectivity index (χ1n) is 4.22. The lowest BCUT2D eigenvalue weighted by Crippen LogP contribution is -2.12. The maximum atomic E-state index is 10.9. The van der Waals surface area contributed by atoms with Crippen LogP contribution in [0.25, 0.3) is 0 Å². The van der Waals surface area contributed by atoms with Gasteiger partial charge in [0.05, 0.1) is 17.9 Å². The predicted octanol–water partition coefficient (Wildman–Crippen LogP) is 0.287. The molecule has 80 valence electrons. The number of aromatic carboxylic acids is 1. The Hall–Kier alpha value is -2.00. The number of hydrogen-bond acceptors (Lipinski definition) is 4. The molecule has 3 N–H and O–H groups in total. The summed E-state index contributed by atoms with van der Waals surface area (Å²) in [4.78, 5) is 10.9. The average molecular weight is 209 g/mol. The molecule has 0 aliphatic rings. The van der Waals surface area contributed by atoms with E-state index in [9.17, 15) is 4.79 Å². The van der Waals surface area contributed by atoms with Crippen LogP contribution in [0.1, 0.15) is 16.1 Å². The lowest BCUT2D eigenvalue weighted by atomic mass is 10.3. The van der Waals surface area contributed by atoms with E-state index in [1.54, 1.807) is 0 Å². The number of nitrogens with two attached hydrogens (primary N) is 1. The van der Waals surface area contributed by atoms with E-state index >= 15 is 0 Å². The molecule has 0 saturated heterocycles. The summed E-state index contributed by atoms with van der Waals surface area (Å²) in [6, 6.07) is 1.84. The Morgan fingerprint density at radius 2 is 2.47 bits per heavy atom. The number of aromatic nitrogens is 1. The van der Waals surface area contributed by atoms with Crippen molar-refractivity contribution in [1.29, 1.82) is 5.26 Å². The SMILES string of the molecule is COCCn1cc(C#N)c(N)c1C(=O)O. The van der Waals surface area contributed by atoms with Crippen molar-refractivity contribution in [1.82, 2.24) is 4.57 Å². The van der Waals surface area contributed by atoms with Crippen LogP contribution in [0.4, 0.5) is 5.69 Å². The number of nitriles is 1. The second-order valence-electron chi connectivity index (χ2n) is 2.91. The van der Waals surface area contributed by atoms with E-state index in [1.165, 1.54) is 17.9 Å². The molecule has 0 bridgehead atoms. The molecule has 0 fully saturated rings. The number of methoxy groups -OCH3 is 1. The number of hydrogen-bond donors (Lipinski definition) is 2. The number of anilines is 1. The highest BCUT2D eigenvalue weighted by Gasteiger charge is 2.18. The molecule has 0 aliphatic heterocycles. The van der Waals surface area contributed by atoms with E-state index in [-0.39, 0.29) is 16.9 Å². The van der Waals surface area contributed by atoms with E-state index < -0.39 is 5.97 Å². The fourth-order valence-corrected chi connectivity index (χ4v) is 1.27. The van der Waals surface area contributed by atoms with Gasteiger partial charge in [0.2, 0.25) is 0 Å². The molecular weight excluding hydrogens is 198 g/mol. The maximum absolute atomic E-state index is 10.9. The van der Waals surface area contributed by atoms with E-state index in [2.05, 4.69) is 0 Å². The van der Waals surface area contributed by atoms with Crippen LogP contribution < -0.4 is 5.73 Å². The van der Waals surface area contributed by atoms with Gasteiger partial charge in [0, 0.05) is 19.9 Å². The van der Waals surface area contributed by atoms with Crippen molar-refractivity contribution in [3.05, 3.63) is 17.5 Å². The van der Waals surface area contributed by atoms with Crippen LogP contribution in [0.3, 0.4) is 0 Å². The zero-order valence-corrected chi connectivity index (χ0v) is 8.23. The van der Waals surface area contributed by atoms with Gasteiger partial charge in [-0.05, 0) is 0 Å². The second kappa shape index (κ2) is 4.48. The summed E-state index contributed by atoms with van der Waals surface area (Å²) >= 11 is 0. The maximum Gasteiger partial charge on any atom is 0.354 e. The molecular formula is C9H11N3O3. The van der Waals surface area contributed by atoms with Gasteiger partial charge >= 0.3 is 5.97 Å². The van der Waals surface area contributed by atoms with Gasteiger partial charge in [-0.15, -0.1) is 0 Å². The number of carboxylic acids is 1. The highest BCUT2D eigenvalue weighted by Crippen LogP contribution is 2.19. The number of rotatable bonds is 4.